The van der Waals surface area contributed by atoms with E-state index in [-0.39, 0.29) is 24.3 Å². The lowest BCUT2D eigenvalue weighted by Crippen LogP contribution is -2.39. The molecule has 2 heterocycles. The summed E-state index contributed by atoms with van der Waals surface area (Å²) in [5, 5.41) is 6.28. The summed E-state index contributed by atoms with van der Waals surface area (Å²) in [5.74, 6) is -4.00. The van der Waals surface area contributed by atoms with E-state index in [2.05, 4.69) is 20.6 Å². The van der Waals surface area contributed by atoms with Gasteiger partial charge in [0, 0.05) is 24.6 Å². The molecule has 3 saturated carbocycles. The molecule has 0 spiro atoms. The molecule has 0 saturated heterocycles. The molecule has 1 atom stereocenters. The van der Waals surface area contributed by atoms with Crippen LogP contribution in [0.3, 0.4) is 0 Å². The lowest BCUT2D eigenvalue weighted by molar-refractivity contribution is -0.125. The van der Waals surface area contributed by atoms with Gasteiger partial charge in [-0.05, 0) is 56.1 Å². The number of hydrogen-bond donors (Lipinski definition) is 2. The predicted octanol–water partition coefficient (Wildman–Crippen LogP) is 3.84. The third-order valence-corrected chi connectivity index (χ3v) is 7.17. The van der Waals surface area contributed by atoms with Gasteiger partial charge in [0.15, 0.2) is 10.8 Å². The van der Waals surface area contributed by atoms with Gasteiger partial charge in [0.05, 0.1) is 4.70 Å². The number of hydrogen-bond acceptors (Lipinski definition) is 5. The molecular weight excluding hydrogens is 398 g/mol. The van der Waals surface area contributed by atoms with Crippen molar-refractivity contribution in [2.45, 2.75) is 62.8 Å². The number of amides is 2. The van der Waals surface area contributed by atoms with E-state index < -0.39 is 17.7 Å². The van der Waals surface area contributed by atoms with Crippen LogP contribution in [0.4, 0.5) is 13.9 Å². The summed E-state index contributed by atoms with van der Waals surface area (Å²) in [7, 11) is 0. The van der Waals surface area contributed by atoms with E-state index in [1.165, 1.54) is 11.3 Å². The minimum atomic E-state index is -2.82. The zero-order chi connectivity index (χ0) is 20.2. The monoisotopic (exact) mass is 420 g/mol. The van der Waals surface area contributed by atoms with Crippen molar-refractivity contribution in [3.8, 4) is 0 Å². The molecule has 0 aliphatic heterocycles. The fourth-order valence-electron chi connectivity index (χ4n) is 4.13. The van der Waals surface area contributed by atoms with Crippen LogP contribution in [0.15, 0.2) is 12.3 Å². The standard InChI is InChI=1S/C20H22F2N4O2S/c21-20(22)9-14(20)18(28)24-12-5-3-10(4-6-12)13-7-8-23-16-15(13)29-19(25-16)26-17(27)11-1-2-11/h7-8,10-12,14H,1-6,9H2,(H,24,28)(H,23,25,26,27). The van der Waals surface area contributed by atoms with Crippen molar-refractivity contribution in [3.63, 3.8) is 0 Å². The van der Waals surface area contributed by atoms with Crippen LogP contribution in [0.25, 0.3) is 10.3 Å². The van der Waals surface area contributed by atoms with Crippen LogP contribution >= 0.6 is 11.3 Å². The number of pyridine rings is 1. The first-order chi connectivity index (χ1) is 13.9. The number of aromatic nitrogens is 2. The number of anilines is 1. The Morgan fingerprint density at radius 2 is 1.83 bits per heavy atom. The Hall–Kier alpha value is -2.16. The molecule has 1 unspecified atom stereocenters. The average Bonchev–Trinajstić information content (AvgIpc) is 3.59. The van der Waals surface area contributed by atoms with E-state index >= 15 is 0 Å². The van der Waals surface area contributed by atoms with Crippen molar-refractivity contribution in [1.29, 1.82) is 0 Å². The number of nitrogens with zero attached hydrogens (tertiary/aromatic N) is 2. The maximum absolute atomic E-state index is 13.1. The van der Waals surface area contributed by atoms with Crippen LogP contribution in [-0.4, -0.2) is 33.7 Å². The summed E-state index contributed by atoms with van der Waals surface area (Å²) >= 11 is 1.46. The van der Waals surface area contributed by atoms with Crippen LogP contribution in [-0.2, 0) is 9.59 Å². The number of rotatable bonds is 5. The third kappa shape index (κ3) is 3.84. The van der Waals surface area contributed by atoms with E-state index in [9.17, 15) is 18.4 Å². The van der Waals surface area contributed by atoms with Gasteiger partial charge in [-0.1, -0.05) is 11.3 Å². The second kappa shape index (κ2) is 6.97. The molecule has 6 nitrogen and oxygen atoms in total. The topological polar surface area (TPSA) is 84.0 Å². The van der Waals surface area contributed by atoms with Crippen molar-refractivity contribution in [2.24, 2.45) is 11.8 Å². The minimum absolute atomic E-state index is 0.0306. The molecule has 3 aliphatic rings. The van der Waals surface area contributed by atoms with Gasteiger partial charge in [-0.25, -0.2) is 13.8 Å². The molecule has 9 heteroatoms. The predicted molar refractivity (Wildman–Crippen MR) is 105 cm³/mol. The fraction of sp³-hybridized carbons (Fsp3) is 0.600. The third-order valence-electron chi connectivity index (χ3n) is 6.16. The number of thiazole rings is 1. The average molecular weight is 420 g/mol. The van der Waals surface area contributed by atoms with Gasteiger partial charge < -0.3 is 10.6 Å². The van der Waals surface area contributed by atoms with E-state index in [4.69, 9.17) is 0 Å². The highest BCUT2D eigenvalue weighted by atomic mass is 32.1. The van der Waals surface area contributed by atoms with Gasteiger partial charge in [0.25, 0.3) is 5.92 Å². The molecule has 3 aliphatic carbocycles. The maximum Gasteiger partial charge on any atom is 0.260 e. The molecule has 2 aromatic heterocycles. The van der Waals surface area contributed by atoms with Crippen LogP contribution < -0.4 is 10.6 Å². The molecule has 0 aromatic carbocycles. The second-order valence-corrected chi connectivity index (χ2v) is 9.41. The first-order valence-corrected chi connectivity index (χ1v) is 11.0. The lowest BCUT2D eigenvalue weighted by atomic mass is 9.82. The Balaban J connectivity index is 1.24. The molecule has 154 valence electrons. The molecule has 3 fully saturated rings. The normalized spacial score (nSPS) is 28.1. The zero-order valence-corrected chi connectivity index (χ0v) is 16.6. The van der Waals surface area contributed by atoms with Gasteiger partial charge >= 0.3 is 0 Å². The molecule has 2 amide bonds. The van der Waals surface area contributed by atoms with Gasteiger partial charge in [-0.2, -0.15) is 4.98 Å². The van der Waals surface area contributed by atoms with Crippen molar-refractivity contribution < 1.29 is 18.4 Å². The van der Waals surface area contributed by atoms with Crippen molar-refractivity contribution in [1.82, 2.24) is 15.3 Å². The first kappa shape index (κ1) is 18.8. The van der Waals surface area contributed by atoms with Gasteiger partial charge in [0.1, 0.15) is 5.92 Å². The Labute approximate surface area is 170 Å². The van der Waals surface area contributed by atoms with Crippen molar-refractivity contribution >= 4 is 38.6 Å². The summed E-state index contributed by atoms with van der Waals surface area (Å²) in [6.07, 6.45) is 6.57. The van der Waals surface area contributed by atoms with E-state index in [0.717, 1.165) is 48.8 Å². The SMILES string of the molecule is O=C(Nc1nc2nccc(C3CCC(NC(=O)C4CC4(F)F)CC3)c2s1)C1CC1. The second-order valence-electron chi connectivity index (χ2n) is 8.41. The number of carbonyl (C=O) groups excluding carboxylic acids is 2. The van der Waals surface area contributed by atoms with Gasteiger partial charge in [0.2, 0.25) is 11.8 Å². The summed E-state index contributed by atoms with van der Waals surface area (Å²) < 4.78 is 27.1. The summed E-state index contributed by atoms with van der Waals surface area (Å²) in [6.45, 7) is 0. The Morgan fingerprint density at radius 1 is 1.10 bits per heavy atom. The van der Waals surface area contributed by atoms with Crippen LogP contribution in [0, 0.1) is 11.8 Å². The zero-order valence-electron chi connectivity index (χ0n) is 15.8. The van der Waals surface area contributed by atoms with Crippen molar-refractivity contribution in [2.75, 3.05) is 5.32 Å². The Bertz CT molecular complexity index is 967. The van der Waals surface area contributed by atoms with Crippen LogP contribution in [0.1, 0.15) is 56.4 Å². The van der Waals surface area contributed by atoms with E-state index in [1.807, 2.05) is 6.07 Å². The number of carbonyl (C=O) groups is 2. The summed E-state index contributed by atoms with van der Waals surface area (Å²) in [4.78, 5) is 32.7. The minimum Gasteiger partial charge on any atom is -0.353 e. The van der Waals surface area contributed by atoms with E-state index in [1.54, 1.807) is 6.20 Å². The molecule has 5 rings (SSSR count). The Kier molecular flexibility index (Phi) is 4.53. The number of nitrogens with one attached hydrogen (secondary N) is 2. The summed E-state index contributed by atoms with van der Waals surface area (Å²) in [6, 6.07) is 1.96. The molecule has 0 radical (unpaired) electrons. The number of halogens is 2. The van der Waals surface area contributed by atoms with Gasteiger partial charge in [-0.15, -0.1) is 0 Å². The summed E-state index contributed by atoms with van der Waals surface area (Å²) in [5.41, 5.74) is 1.81. The quantitative estimate of drug-likeness (QED) is 0.770. The highest BCUT2D eigenvalue weighted by Crippen LogP contribution is 2.49. The molecule has 2 N–H and O–H groups in total. The lowest BCUT2D eigenvalue weighted by Gasteiger charge is -2.29. The molecular formula is C20H22F2N4O2S. The molecule has 0 bridgehead atoms. The van der Waals surface area contributed by atoms with E-state index in [0.29, 0.717) is 16.7 Å². The van der Waals surface area contributed by atoms with Crippen molar-refractivity contribution in [3.05, 3.63) is 17.8 Å². The maximum atomic E-state index is 13.1. The Morgan fingerprint density at radius 3 is 2.48 bits per heavy atom. The highest BCUT2D eigenvalue weighted by molar-refractivity contribution is 7.22. The van der Waals surface area contributed by atoms with Crippen LogP contribution in [0.5, 0.6) is 0 Å². The van der Waals surface area contributed by atoms with Gasteiger partial charge in [-0.3, -0.25) is 9.59 Å². The number of fused-ring (bicyclic) bond motifs is 1. The van der Waals surface area contributed by atoms with Crippen LogP contribution in [0.2, 0.25) is 0 Å². The first-order valence-electron chi connectivity index (χ1n) is 10.2. The number of alkyl halides is 2. The fourth-order valence-corrected chi connectivity index (χ4v) is 5.15. The smallest absolute Gasteiger partial charge is 0.260 e. The molecule has 2 aromatic rings. The molecule has 29 heavy (non-hydrogen) atoms. The largest absolute Gasteiger partial charge is 0.353 e. The highest BCUT2D eigenvalue weighted by Gasteiger charge is 2.61.